The van der Waals surface area contributed by atoms with Crippen molar-refractivity contribution in [1.82, 2.24) is 60.5 Å². The van der Waals surface area contributed by atoms with E-state index in [1.165, 1.54) is 75.7 Å². The number of nitrogens with one attached hydrogen (secondary N) is 4. The number of amides is 12. The second kappa shape index (κ2) is 37.1. The smallest absolute Gasteiger partial charge is 0.410 e. The van der Waals surface area contributed by atoms with Crippen LogP contribution in [0.3, 0.4) is 0 Å². The quantitative estimate of drug-likeness (QED) is 0.128. The Labute approximate surface area is 562 Å². The maximum absolute atomic E-state index is 15.4. The summed E-state index contributed by atoms with van der Waals surface area (Å²) in [6.45, 7) is 25.1. The van der Waals surface area contributed by atoms with Crippen molar-refractivity contribution >= 4 is 82.8 Å². The summed E-state index contributed by atoms with van der Waals surface area (Å²) in [7, 11) is 8.20. The van der Waals surface area contributed by atoms with E-state index in [0.717, 1.165) is 19.6 Å². The lowest BCUT2D eigenvalue weighted by molar-refractivity contribution is -0.157. The molecule has 0 aromatic carbocycles. The van der Waals surface area contributed by atoms with E-state index in [2.05, 4.69) is 21.3 Å². The number of aliphatic hydroxyl groups excluding tert-OH is 2. The number of rotatable bonds is 15. The van der Waals surface area contributed by atoms with Crippen LogP contribution in [0.15, 0.2) is 12.2 Å². The highest BCUT2D eigenvalue weighted by molar-refractivity contribution is 7.99. The van der Waals surface area contributed by atoms with Crippen molar-refractivity contribution in [1.29, 1.82) is 0 Å². The van der Waals surface area contributed by atoms with Crippen molar-refractivity contribution < 1.29 is 72.5 Å². The van der Waals surface area contributed by atoms with Gasteiger partial charge in [-0.15, -0.1) is 0 Å². The van der Waals surface area contributed by atoms with E-state index in [1.54, 1.807) is 72.4 Å². The first kappa shape index (κ1) is 81.7. The Balaban J connectivity index is 2.37. The fourth-order valence-corrected chi connectivity index (χ4v) is 13.2. The minimum atomic E-state index is -1.71. The number of likely N-dealkylation sites (N-methyl/N-ethyl adjacent to an activating group) is 6. The summed E-state index contributed by atoms with van der Waals surface area (Å²) in [4.78, 5) is 186. The van der Waals surface area contributed by atoms with Crippen molar-refractivity contribution in [3.63, 3.8) is 0 Å². The predicted molar refractivity (Wildman–Crippen MR) is 358 cm³/mol. The van der Waals surface area contributed by atoms with E-state index in [-0.39, 0.29) is 62.8 Å². The van der Waals surface area contributed by atoms with Gasteiger partial charge >= 0.3 is 6.09 Å². The van der Waals surface area contributed by atoms with Gasteiger partial charge in [-0.25, -0.2) is 4.79 Å². The summed E-state index contributed by atoms with van der Waals surface area (Å²) in [5.74, 6) is -9.80. The summed E-state index contributed by atoms with van der Waals surface area (Å²) in [6.07, 6.45) is 0.403. The predicted octanol–water partition coefficient (Wildman–Crippen LogP) is 1.91. The molecule has 0 aromatic rings. The summed E-state index contributed by atoms with van der Waals surface area (Å²) in [5.41, 5.74) is 0. The molecule has 6 N–H and O–H groups in total. The molecule has 3 saturated heterocycles. The molecule has 0 spiro atoms. The number of fused-ring (bicyclic) bond motifs is 1. The number of ether oxygens (including phenoxy) is 1. The van der Waals surface area contributed by atoms with Crippen molar-refractivity contribution in [2.24, 2.45) is 35.5 Å². The molecule has 94 heavy (non-hydrogen) atoms. The highest BCUT2D eigenvalue weighted by Crippen LogP contribution is 2.29. The Hall–Kier alpha value is -6.55. The lowest BCUT2D eigenvalue weighted by Gasteiger charge is -2.41. The molecule has 0 radical (unpaired) electrons. The van der Waals surface area contributed by atoms with Crippen molar-refractivity contribution in [3.8, 4) is 0 Å². The topological polar surface area (TPSA) is 329 Å². The minimum Gasteiger partial charge on any atom is -0.444 e. The van der Waals surface area contributed by atoms with Crippen LogP contribution in [0.4, 0.5) is 4.79 Å². The molecule has 27 nitrogen and oxygen atoms in total. The molecule has 1 unspecified atom stereocenters. The van der Waals surface area contributed by atoms with E-state index in [9.17, 15) is 39.0 Å². The van der Waals surface area contributed by atoms with Crippen molar-refractivity contribution in [3.05, 3.63) is 12.2 Å². The summed E-state index contributed by atoms with van der Waals surface area (Å²) < 4.78 is 5.97. The highest BCUT2D eigenvalue weighted by Gasteiger charge is 2.49. The van der Waals surface area contributed by atoms with E-state index in [4.69, 9.17) is 4.74 Å². The Kier molecular flexibility index (Phi) is 32.2. The first-order valence-corrected chi connectivity index (χ1v) is 34.5. The summed E-state index contributed by atoms with van der Waals surface area (Å²) in [6, 6.07) is -15.1. The second-order valence-electron chi connectivity index (χ2n) is 27.7. The molecule has 0 aliphatic carbocycles. The second-order valence-corrected chi connectivity index (χ2v) is 29.0. The highest BCUT2D eigenvalue weighted by atomic mass is 32.2. The maximum Gasteiger partial charge on any atom is 0.410 e. The number of carbonyl (C=O) groups excluding carboxylic acids is 12. The van der Waals surface area contributed by atoms with Gasteiger partial charge in [0.1, 0.15) is 72.6 Å². The van der Waals surface area contributed by atoms with Crippen LogP contribution in [0.1, 0.15) is 142 Å². The monoisotopic (exact) mass is 1350 g/mol. The molecule has 28 heteroatoms. The SMILES string of the molecule is C/C=C/C[C@@H](C)[C@@H](O)[C@H]1C(=O)N[C@@H](CC)C(=O)N2CC(OC(=O)N3CCSCC3)C[C@@H]2C(=O)N(C)[C@@H](CO)C(=O)N[C@@H](C(C)C)C(=O)N(C)[C@@H](CC(C)C)C(=O)N[C@@H](C)C(=O)N[C@H](C)C(=O)N(C)[C@@H](CC(C)C)C(=O)N(C)[C@@H](CC(C)C)C(=O)N(C)[C@@H](C(C)C)C(=O)N1C. The molecule has 14 atom stereocenters. The third-order valence-electron chi connectivity index (χ3n) is 18.1. The molecule has 0 bridgehead atoms. The van der Waals surface area contributed by atoms with Gasteiger partial charge in [0.2, 0.25) is 65.0 Å². The van der Waals surface area contributed by atoms with Crippen molar-refractivity contribution in [2.45, 2.75) is 221 Å². The molecule has 3 heterocycles. The molecule has 0 saturated carbocycles. The van der Waals surface area contributed by atoms with E-state index >= 15 is 28.8 Å². The number of allylic oxidation sites excluding steroid dienone is 2. The number of hydrogen-bond donors (Lipinski definition) is 6. The van der Waals surface area contributed by atoms with Gasteiger partial charge in [-0.1, -0.05) is 95.2 Å². The Morgan fingerprint density at radius 3 is 1.54 bits per heavy atom. The van der Waals surface area contributed by atoms with Crippen LogP contribution in [-0.2, 0) is 57.5 Å². The molecule has 3 rings (SSSR count). The Morgan fingerprint density at radius 1 is 0.564 bits per heavy atom. The number of aliphatic hydroxyl groups is 2. The van der Waals surface area contributed by atoms with Crippen LogP contribution < -0.4 is 21.3 Å². The van der Waals surface area contributed by atoms with Crippen LogP contribution >= 0.6 is 11.8 Å². The Bertz CT molecular complexity index is 2670. The van der Waals surface area contributed by atoms with Crippen LogP contribution in [-0.4, -0.2) is 279 Å². The van der Waals surface area contributed by atoms with Crippen LogP contribution in [0.5, 0.6) is 0 Å². The number of thioether (sulfide) groups is 1. The molecule has 3 fully saturated rings. The van der Waals surface area contributed by atoms with Gasteiger partial charge in [0.15, 0.2) is 0 Å². The number of nitrogens with zero attached hydrogens (tertiary/aromatic N) is 8. The van der Waals surface area contributed by atoms with E-state index in [0.29, 0.717) is 24.6 Å². The normalized spacial score (nSPS) is 28.5. The third-order valence-corrected chi connectivity index (χ3v) is 19.1. The molecular weight excluding hydrogens is 1230 g/mol. The van der Waals surface area contributed by atoms with E-state index < -0.39 is 174 Å². The molecular formula is C66H114N12O15S. The van der Waals surface area contributed by atoms with Gasteiger partial charge in [0.05, 0.1) is 19.3 Å². The fraction of sp³-hybridized carbons (Fsp3) is 0.788. The zero-order chi connectivity index (χ0) is 71.7. The standard InChI is InChI=1S/C66H114N12O15S/c1-22-24-25-41(13)54(80)53-58(84)69-45(23-2)60(86)78-34-44(93-66(92)77-26-28-94-29-27-77)33-49(78)63(89)74(19)50(35-79)57(83)70-51(39(9)10)64(90)71(16)46(30-36(3)4)56(82)67-42(14)55(81)68-43(15)59(85)72(17)47(31-37(5)6)61(87)73(18)48(32-38(7)8)62(88)75(20)52(40(11)12)65(91)76(53)21/h22,24,36-54,79-80H,23,25-35H2,1-21H3,(H,67,82)(H,68,81)(H,69,84)(H,70,83)/b24-22+/t41-,42+,43-,44?,45+,46+,47+,48+,49-,50+,51+,52+,53+,54-/m1/s1. The fourth-order valence-electron chi connectivity index (χ4n) is 12.3. The molecule has 3 aliphatic rings. The van der Waals surface area contributed by atoms with Crippen molar-refractivity contribution in [2.75, 3.05) is 80.0 Å². The zero-order valence-electron chi connectivity index (χ0n) is 59.8. The molecule has 12 amide bonds. The van der Waals surface area contributed by atoms with Gasteiger partial charge in [0, 0.05) is 73.3 Å². The molecule has 534 valence electrons. The number of carbonyl (C=O) groups is 12. The van der Waals surface area contributed by atoms with Gasteiger partial charge in [0.25, 0.3) is 0 Å². The third kappa shape index (κ3) is 21.2. The zero-order valence-corrected chi connectivity index (χ0v) is 60.6. The number of hydrogen-bond acceptors (Lipinski definition) is 16. The van der Waals surface area contributed by atoms with E-state index in [1.807, 2.05) is 41.5 Å². The Morgan fingerprint density at radius 2 is 1.04 bits per heavy atom. The summed E-state index contributed by atoms with van der Waals surface area (Å²) >= 11 is 1.66. The van der Waals surface area contributed by atoms with Crippen LogP contribution in [0.25, 0.3) is 0 Å². The summed E-state index contributed by atoms with van der Waals surface area (Å²) in [5, 5.41) is 34.0. The lowest BCUT2D eigenvalue weighted by atomic mass is 9.91. The van der Waals surface area contributed by atoms with Gasteiger partial charge in [-0.3, -0.25) is 52.7 Å². The van der Waals surface area contributed by atoms with Crippen LogP contribution in [0.2, 0.25) is 0 Å². The van der Waals surface area contributed by atoms with Crippen LogP contribution in [0, 0.1) is 35.5 Å². The largest absolute Gasteiger partial charge is 0.444 e. The lowest BCUT2D eigenvalue weighted by Crippen LogP contribution is -2.64. The average molecular weight is 1350 g/mol. The maximum atomic E-state index is 15.4. The molecule has 0 aromatic heterocycles. The van der Waals surface area contributed by atoms with Gasteiger partial charge in [-0.05, 0) is 88.4 Å². The van der Waals surface area contributed by atoms with Gasteiger partial charge < -0.3 is 75.4 Å². The first-order chi connectivity index (χ1) is 43.8. The minimum absolute atomic E-state index is 0.0929. The molecule has 3 aliphatic heterocycles. The average Bonchev–Trinajstić information content (AvgIpc) is 1.25. The van der Waals surface area contributed by atoms with Gasteiger partial charge in [-0.2, -0.15) is 11.8 Å². The first-order valence-electron chi connectivity index (χ1n) is 33.4.